The lowest BCUT2D eigenvalue weighted by Gasteiger charge is -2.23. The molecule has 2 rings (SSSR count). The highest BCUT2D eigenvalue weighted by molar-refractivity contribution is 5.95. The summed E-state index contributed by atoms with van der Waals surface area (Å²) in [6.45, 7) is 0.302. The van der Waals surface area contributed by atoms with Gasteiger partial charge in [0, 0.05) is 17.1 Å². The van der Waals surface area contributed by atoms with Crippen molar-refractivity contribution in [2.45, 2.75) is 43.9 Å². The van der Waals surface area contributed by atoms with E-state index in [4.69, 9.17) is 15.9 Å². The number of carbonyl (C=O) groups is 5. The number of aromatic amines is 1. The monoisotopic (exact) mass is 477 g/mol. The summed E-state index contributed by atoms with van der Waals surface area (Å²) in [5.41, 5.74) is 7.60. The molecule has 0 aliphatic carbocycles. The first-order valence-electron chi connectivity index (χ1n) is 10.3. The molecule has 3 amide bonds. The third-order valence-electron chi connectivity index (χ3n) is 5.01. The molecule has 13 nitrogen and oxygen atoms in total. The number of aliphatic hydroxyl groups is 1. The van der Waals surface area contributed by atoms with E-state index in [1.807, 2.05) is 24.3 Å². The molecule has 184 valence electrons. The number of benzene rings is 1. The lowest BCUT2D eigenvalue weighted by atomic mass is 10.0. The maximum atomic E-state index is 12.5. The number of carbonyl (C=O) groups excluding carboxylic acids is 3. The van der Waals surface area contributed by atoms with Gasteiger partial charge in [-0.3, -0.25) is 24.0 Å². The highest BCUT2D eigenvalue weighted by Gasteiger charge is 2.30. The number of aromatic nitrogens is 1. The minimum atomic E-state index is -1.64. The maximum absolute atomic E-state index is 12.5. The van der Waals surface area contributed by atoms with Crippen LogP contribution < -0.4 is 21.7 Å². The van der Waals surface area contributed by atoms with E-state index >= 15 is 0 Å². The summed E-state index contributed by atoms with van der Waals surface area (Å²) in [5, 5.41) is 34.8. The molecule has 1 aromatic heterocycles. The number of fused-ring (bicyclic) bond motifs is 1. The van der Waals surface area contributed by atoms with Gasteiger partial charge in [0.15, 0.2) is 0 Å². The van der Waals surface area contributed by atoms with Crippen molar-refractivity contribution >= 4 is 40.6 Å². The number of carboxylic acid groups (broad SMARTS) is 2. The van der Waals surface area contributed by atoms with E-state index in [2.05, 4.69) is 20.9 Å². The first-order valence-corrected chi connectivity index (χ1v) is 10.3. The van der Waals surface area contributed by atoms with Crippen molar-refractivity contribution in [2.24, 2.45) is 5.73 Å². The number of hydrogen-bond donors (Lipinski definition) is 8. The van der Waals surface area contributed by atoms with Gasteiger partial charge in [0.2, 0.25) is 17.7 Å². The normalized spacial score (nSPS) is 14.4. The van der Waals surface area contributed by atoms with E-state index in [1.165, 1.54) is 0 Å². The first kappa shape index (κ1) is 26.3. The van der Waals surface area contributed by atoms with Gasteiger partial charge in [-0.05, 0) is 25.0 Å². The van der Waals surface area contributed by atoms with Crippen molar-refractivity contribution < 1.29 is 39.3 Å². The SMILES string of the molecule is CC(NC(=O)C(CC(=O)O)NC(=O)C(CO)NC(=O)C(N)Cc1c[nH]c2ccccc12)C(=O)O. The van der Waals surface area contributed by atoms with Crippen molar-refractivity contribution in [2.75, 3.05) is 6.61 Å². The summed E-state index contributed by atoms with van der Waals surface area (Å²) in [7, 11) is 0. The van der Waals surface area contributed by atoms with Gasteiger partial charge in [0.05, 0.1) is 19.1 Å². The van der Waals surface area contributed by atoms with Crippen LogP contribution in [-0.2, 0) is 30.4 Å². The van der Waals surface area contributed by atoms with Crippen LogP contribution in [0.15, 0.2) is 30.5 Å². The molecule has 0 saturated carbocycles. The Bertz CT molecular complexity index is 1070. The Morgan fingerprint density at radius 3 is 2.21 bits per heavy atom. The minimum Gasteiger partial charge on any atom is -0.481 e. The topological polar surface area (TPSA) is 224 Å². The van der Waals surface area contributed by atoms with Crippen molar-refractivity contribution in [3.63, 3.8) is 0 Å². The largest absolute Gasteiger partial charge is 0.481 e. The number of nitrogens with two attached hydrogens (primary N) is 1. The molecule has 0 aliphatic rings. The highest BCUT2D eigenvalue weighted by atomic mass is 16.4. The van der Waals surface area contributed by atoms with Gasteiger partial charge in [-0.25, -0.2) is 0 Å². The minimum absolute atomic E-state index is 0.132. The van der Waals surface area contributed by atoms with Crippen LogP contribution in [0.25, 0.3) is 10.9 Å². The van der Waals surface area contributed by atoms with Gasteiger partial charge < -0.3 is 42.0 Å². The van der Waals surface area contributed by atoms with E-state index < -0.39 is 66.9 Å². The van der Waals surface area contributed by atoms with Crippen LogP contribution in [0.4, 0.5) is 0 Å². The molecular weight excluding hydrogens is 450 g/mol. The quantitative estimate of drug-likeness (QED) is 0.170. The summed E-state index contributed by atoms with van der Waals surface area (Å²) in [6.07, 6.45) is 0.990. The van der Waals surface area contributed by atoms with Crippen molar-refractivity contribution in [1.82, 2.24) is 20.9 Å². The van der Waals surface area contributed by atoms with Gasteiger partial charge in [0.25, 0.3) is 0 Å². The molecule has 0 radical (unpaired) electrons. The van der Waals surface area contributed by atoms with Gasteiger partial charge in [-0.1, -0.05) is 18.2 Å². The van der Waals surface area contributed by atoms with Crippen LogP contribution in [0.1, 0.15) is 18.9 Å². The number of amides is 3. The Kier molecular flexibility index (Phi) is 9.10. The van der Waals surface area contributed by atoms with Crippen LogP contribution >= 0.6 is 0 Å². The molecule has 0 fully saturated rings. The maximum Gasteiger partial charge on any atom is 0.325 e. The van der Waals surface area contributed by atoms with Gasteiger partial charge in [0.1, 0.15) is 18.1 Å². The second kappa shape index (κ2) is 11.8. The molecule has 0 spiro atoms. The van der Waals surface area contributed by atoms with E-state index in [-0.39, 0.29) is 6.42 Å². The number of para-hydroxylation sites is 1. The predicted molar refractivity (Wildman–Crippen MR) is 118 cm³/mol. The van der Waals surface area contributed by atoms with Gasteiger partial charge in [-0.2, -0.15) is 0 Å². The molecule has 0 aliphatic heterocycles. The van der Waals surface area contributed by atoms with Gasteiger partial charge in [-0.15, -0.1) is 0 Å². The Balaban J connectivity index is 2.02. The molecule has 4 atom stereocenters. The third kappa shape index (κ3) is 7.02. The standard InChI is InChI=1S/C21H27N5O8/c1-10(21(33)34)24-19(31)15(7-17(28)29)25-20(32)16(9-27)26-18(30)13(22)6-11-8-23-14-5-3-2-4-12(11)14/h2-5,8,10,13,15-16,23,27H,6-7,9,22H2,1H3,(H,24,31)(H,25,32)(H,26,30)(H,28,29)(H,33,34). The fraction of sp³-hybridized carbons (Fsp3) is 0.381. The summed E-state index contributed by atoms with van der Waals surface area (Å²) in [5.74, 6) is -5.64. The average Bonchev–Trinajstić information content (AvgIpc) is 3.18. The number of nitrogens with one attached hydrogen (secondary N) is 4. The Hall–Kier alpha value is -3.97. The summed E-state index contributed by atoms with van der Waals surface area (Å²) >= 11 is 0. The van der Waals surface area contributed by atoms with E-state index in [0.717, 1.165) is 23.4 Å². The zero-order chi connectivity index (χ0) is 25.4. The molecular formula is C21H27N5O8. The van der Waals surface area contributed by atoms with E-state index in [1.54, 1.807) is 6.20 Å². The zero-order valence-electron chi connectivity index (χ0n) is 18.3. The van der Waals surface area contributed by atoms with Crippen LogP contribution in [0.2, 0.25) is 0 Å². The molecule has 1 aromatic carbocycles. The lowest BCUT2D eigenvalue weighted by molar-refractivity contribution is -0.143. The molecule has 4 unspecified atom stereocenters. The number of aliphatic carboxylic acids is 2. The fourth-order valence-electron chi connectivity index (χ4n) is 3.13. The van der Waals surface area contributed by atoms with Crippen molar-refractivity contribution in [3.8, 4) is 0 Å². The molecule has 2 aromatic rings. The highest BCUT2D eigenvalue weighted by Crippen LogP contribution is 2.18. The Morgan fingerprint density at radius 1 is 0.971 bits per heavy atom. The summed E-state index contributed by atoms with van der Waals surface area (Å²) < 4.78 is 0. The summed E-state index contributed by atoms with van der Waals surface area (Å²) in [6, 6.07) is 1.82. The van der Waals surface area contributed by atoms with Gasteiger partial charge >= 0.3 is 11.9 Å². The third-order valence-corrected chi connectivity index (χ3v) is 5.01. The average molecular weight is 477 g/mol. The molecule has 0 bridgehead atoms. The number of hydrogen-bond acceptors (Lipinski definition) is 7. The molecule has 34 heavy (non-hydrogen) atoms. The summed E-state index contributed by atoms with van der Waals surface area (Å²) in [4.78, 5) is 62.3. The van der Waals surface area contributed by atoms with Crippen LogP contribution in [-0.4, -0.2) is 80.7 Å². The van der Waals surface area contributed by atoms with Crippen LogP contribution in [0, 0.1) is 0 Å². The number of rotatable bonds is 12. The van der Waals surface area contributed by atoms with Crippen LogP contribution in [0.5, 0.6) is 0 Å². The van der Waals surface area contributed by atoms with Crippen LogP contribution in [0.3, 0.4) is 0 Å². The molecule has 1 heterocycles. The smallest absolute Gasteiger partial charge is 0.325 e. The number of aliphatic hydroxyl groups excluding tert-OH is 1. The number of carboxylic acids is 2. The lowest BCUT2D eigenvalue weighted by Crippen LogP contribution is -2.58. The molecule has 0 saturated heterocycles. The van der Waals surface area contributed by atoms with Crippen molar-refractivity contribution in [1.29, 1.82) is 0 Å². The van der Waals surface area contributed by atoms with E-state index in [0.29, 0.717) is 0 Å². The van der Waals surface area contributed by atoms with E-state index in [9.17, 15) is 29.1 Å². The number of H-pyrrole nitrogens is 1. The second-order valence-corrected chi connectivity index (χ2v) is 7.64. The first-order chi connectivity index (χ1) is 16.0. The Morgan fingerprint density at radius 2 is 1.59 bits per heavy atom. The second-order valence-electron chi connectivity index (χ2n) is 7.64. The zero-order valence-corrected chi connectivity index (χ0v) is 18.3. The molecule has 13 heteroatoms. The molecule has 9 N–H and O–H groups in total. The van der Waals surface area contributed by atoms with Crippen molar-refractivity contribution in [3.05, 3.63) is 36.0 Å². The fourth-order valence-corrected chi connectivity index (χ4v) is 3.13. The predicted octanol–water partition coefficient (Wildman–Crippen LogP) is -1.94. The Labute approximate surface area is 193 Å².